The zero-order valence-corrected chi connectivity index (χ0v) is 18.6. The van der Waals surface area contributed by atoms with E-state index in [1.807, 2.05) is 18.2 Å². The summed E-state index contributed by atoms with van der Waals surface area (Å²) in [5.74, 6) is 0.239. The van der Waals surface area contributed by atoms with Crippen molar-refractivity contribution in [1.29, 1.82) is 0 Å². The van der Waals surface area contributed by atoms with Crippen LogP contribution in [-0.2, 0) is 19.5 Å². The Kier molecular flexibility index (Phi) is 4.97. The molecule has 0 radical (unpaired) electrons. The summed E-state index contributed by atoms with van der Waals surface area (Å²) in [5.41, 5.74) is 4.26. The van der Waals surface area contributed by atoms with Gasteiger partial charge in [-0.3, -0.25) is 9.69 Å². The van der Waals surface area contributed by atoms with Crippen LogP contribution in [0.25, 0.3) is 0 Å². The van der Waals surface area contributed by atoms with E-state index in [9.17, 15) is 9.90 Å². The Balaban J connectivity index is 1.38. The molecule has 2 aliphatic heterocycles. The van der Waals surface area contributed by atoms with Gasteiger partial charge in [-0.25, -0.2) is 0 Å². The van der Waals surface area contributed by atoms with Gasteiger partial charge in [-0.05, 0) is 57.8 Å². The Bertz CT molecular complexity index is 1080. The number of aromatic hydroxyl groups is 1. The molecule has 7 heteroatoms. The number of fused-ring (bicyclic) bond motifs is 3. The van der Waals surface area contributed by atoms with Crippen molar-refractivity contribution in [3.8, 4) is 5.75 Å². The highest BCUT2D eigenvalue weighted by Gasteiger charge is 2.33. The van der Waals surface area contributed by atoms with Gasteiger partial charge < -0.3 is 15.7 Å². The highest BCUT2D eigenvalue weighted by Crippen LogP contribution is 2.41. The van der Waals surface area contributed by atoms with E-state index in [-0.39, 0.29) is 17.8 Å². The lowest BCUT2D eigenvalue weighted by molar-refractivity contribution is 0.0934. The Morgan fingerprint density at radius 3 is 2.79 bits per heavy atom. The van der Waals surface area contributed by atoms with E-state index in [1.54, 1.807) is 17.4 Å². The number of amides is 1. The quantitative estimate of drug-likeness (QED) is 0.449. The molecular formula is C22H20IN3O2S. The first-order valence-corrected chi connectivity index (χ1v) is 11.4. The third-order valence-electron chi connectivity index (χ3n) is 5.47. The van der Waals surface area contributed by atoms with Crippen molar-refractivity contribution in [3.63, 3.8) is 0 Å². The van der Waals surface area contributed by atoms with Gasteiger partial charge in [0.05, 0.1) is 9.13 Å². The van der Waals surface area contributed by atoms with Gasteiger partial charge in [0.15, 0.2) is 0 Å². The van der Waals surface area contributed by atoms with Gasteiger partial charge in [-0.2, -0.15) is 0 Å². The van der Waals surface area contributed by atoms with E-state index in [1.165, 1.54) is 16.0 Å². The van der Waals surface area contributed by atoms with Gasteiger partial charge in [0.25, 0.3) is 5.91 Å². The maximum Gasteiger partial charge on any atom is 0.256 e. The fourth-order valence-corrected chi connectivity index (χ4v) is 5.87. The van der Waals surface area contributed by atoms with Crippen molar-refractivity contribution in [2.24, 2.45) is 0 Å². The first kappa shape index (κ1) is 18.9. The zero-order chi connectivity index (χ0) is 20.0. The molecule has 2 aromatic carbocycles. The van der Waals surface area contributed by atoms with Crippen molar-refractivity contribution >= 4 is 44.8 Å². The number of hydrogen-bond donors (Lipinski definition) is 3. The predicted molar refractivity (Wildman–Crippen MR) is 123 cm³/mol. The van der Waals surface area contributed by atoms with E-state index < -0.39 is 0 Å². The van der Waals surface area contributed by atoms with Crippen molar-refractivity contribution in [1.82, 2.24) is 10.2 Å². The fraction of sp³-hybridized carbons (Fsp3) is 0.227. The first-order chi connectivity index (χ1) is 14.1. The van der Waals surface area contributed by atoms with Crippen LogP contribution in [-0.4, -0.2) is 22.5 Å². The Hall–Kier alpha value is -2.10. The summed E-state index contributed by atoms with van der Waals surface area (Å²) in [4.78, 5) is 16.6. The molecule has 3 aromatic rings. The Morgan fingerprint density at radius 1 is 1.17 bits per heavy atom. The molecule has 0 saturated carbocycles. The normalized spacial score (nSPS) is 18.5. The second kappa shape index (κ2) is 7.62. The van der Waals surface area contributed by atoms with Crippen LogP contribution < -0.4 is 10.6 Å². The summed E-state index contributed by atoms with van der Waals surface area (Å²) >= 11 is 3.80. The molecule has 5 nitrogen and oxygen atoms in total. The zero-order valence-electron chi connectivity index (χ0n) is 15.6. The molecule has 0 saturated heterocycles. The number of hydrogen-bond acceptors (Lipinski definition) is 5. The second-order valence-corrected chi connectivity index (χ2v) is 9.68. The lowest BCUT2D eigenvalue weighted by atomic mass is 10.00. The van der Waals surface area contributed by atoms with Gasteiger partial charge in [0, 0.05) is 24.5 Å². The largest absolute Gasteiger partial charge is 0.507 e. The SMILES string of the molecule is O=C1NC(c2ccc(O)c(I)c2)Nc2sc3c(c21)CCN(Cc1ccccc1)C3. The summed E-state index contributed by atoms with van der Waals surface area (Å²) < 4.78 is 0.768. The number of halogens is 1. The Labute approximate surface area is 186 Å². The third kappa shape index (κ3) is 3.62. The highest BCUT2D eigenvalue weighted by molar-refractivity contribution is 14.1. The van der Waals surface area contributed by atoms with E-state index in [0.29, 0.717) is 0 Å². The summed E-state index contributed by atoms with van der Waals surface area (Å²) in [7, 11) is 0. The number of phenols is 1. The maximum absolute atomic E-state index is 12.9. The number of carbonyl (C=O) groups is 1. The minimum Gasteiger partial charge on any atom is -0.507 e. The van der Waals surface area contributed by atoms with Crippen molar-refractivity contribution in [3.05, 3.63) is 79.2 Å². The van der Waals surface area contributed by atoms with E-state index >= 15 is 0 Å². The third-order valence-corrected chi connectivity index (χ3v) is 7.48. The number of nitrogens with zero attached hydrogens (tertiary/aromatic N) is 1. The molecule has 29 heavy (non-hydrogen) atoms. The number of phenolic OH excluding ortho intramolecular Hbond substituents is 1. The van der Waals surface area contributed by atoms with Gasteiger partial charge in [-0.15, -0.1) is 11.3 Å². The minimum atomic E-state index is -0.287. The topological polar surface area (TPSA) is 64.6 Å². The lowest BCUT2D eigenvalue weighted by Crippen LogP contribution is -2.38. The monoisotopic (exact) mass is 517 g/mol. The molecule has 0 bridgehead atoms. The standard InChI is InChI=1S/C22H20IN3O2S/c23-16-10-14(6-7-17(16)27)20-24-21(28)19-15-8-9-26(11-13-4-2-1-3-5-13)12-18(15)29-22(19)25-20/h1-7,10,20,25,27H,8-9,11-12H2,(H,24,28). The van der Waals surface area contributed by atoms with E-state index in [4.69, 9.17) is 0 Å². The van der Waals surface area contributed by atoms with Crippen molar-refractivity contribution in [2.45, 2.75) is 25.7 Å². The van der Waals surface area contributed by atoms with Crippen LogP contribution in [0.1, 0.15) is 38.1 Å². The number of thiophene rings is 1. The summed E-state index contributed by atoms with van der Waals surface area (Å²) in [6.07, 6.45) is 0.606. The lowest BCUT2D eigenvalue weighted by Gasteiger charge is -2.28. The number of nitrogens with one attached hydrogen (secondary N) is 2. The van der Waals surface area contributed by atoms with E-state index in [0.717, 1.165) is 45.8 Å². The summed E-state index contributed by atoms with van der Waals surface area (Å²) in [6, 6.07) is 15.9. The van der Waals surface area contributed by atoms with Crippen LogP contribution in [0.4, 0.5) is 5.00 Å². The number of carbonyl (C=O) groups excluding carboxylic acids is 1. The first-order valence-electron chi connectivity index (χ1n) is 9.55. The fourth-order valence-electron chi connectivity index (χ4n) is 4.01. The van der Waals surface area contributed by atoms with Gasteiger partial charge in [0.2, 0.25) is 0 Å². The van der Waals surface area contributed by atoms with Crippen LogP contribution in [0.3, 0.4) is 0 Å². The molecule has 1 atom stereocenters. The minimum absolute atomic E-state index is 0.0131. The molecule has 148 valence electrons. The van der Waals surface area contributed by atoms with Crippen LogP contribution in [0, 0.1) is 3.57 Å². The Morgan fingerprint density at radius 2 is 2.00 bits per heavy atom. The highest BCUT2D eigenvalue weighted by atomic mass is 127. The molecule has 2 aliphatic rings. The van der Waals surface area contributed by atoms with Crippen LogP contribution in [0.5, 0.6) is 5.75 Å². The smallest absolute Gasteiger partial charge is 0.256 e. The molecule has 0 aliphatic carbocycles. The average molecular weight is 517 g/mol. The summed E-state index contributed by atoms with van der Waals surface area (Å²) in [5, 5.41) is 17.3. The predicted octanol–water partition coefficient (Wildman–Crippen LogP) is 4.47. The van der Waals surface area contributed by atoms with Gasteiger partial charge in [-0.1, -0.05) is 36.4 Å². The maximum atomic E-state index is 12.9. The summed E-state index contributed by atoms with van der Waals surface area (Å²) in [6.45, 7) is 2.76. The molecule has 1 aromatic heterocycles. The molecule has 0 spiro atoms. The van der Waals surface area contributed by atoms with Crippen LogP contribution >= 0.6 is 33.9 Å². The molecule has 3 heterocycles. The number of anilines is 1. The molecule has 5 rings (SSSR count). The number of rotatable bonds is 3. The average Bonchev–Trinajstić information content (AvgIpc) is 3.09. The number of benzene rings is 2. The second-order valence-electron chi connectivity index (χ2n) is 7.42. The molecule has 1 amide bonds. The van der Waals surface area contributed by atoms with Crippen LogP contribution in [0.2, 0.25) is 0 Å². The van der Waals surface area contributed by atoms with Crippen molar-refractivity contribution in [2.75, 3.05) is 11.9 Å². The van der Waals surface area contributed by atoms with Gasteiger partial charge in [0.1, 0.15) is 16.9 Å². The molecule has 3 N–H and O–H groups in total. The van der Waals surface area contributed by atoms with Gasteiger partial charge >= 0.3 is 0 Å². The molecule has 0 fully saturated rings. The van der Waals surface area contributed by atoms with Crippen LogP contribution in [0.15, 0.2) is 48.5 Å². The van der Waals surface area contributed by atoms with Crippen molar-refractivity contribution < 1.29 is 9.90 Å². The molecular weight excluding hydrogens is 497 g/mol. The van der Waals surface area contributed by atoms with E-state index in [2.05, 4.69) is 62.4 Å². The molecule has 1 unspecified atom stereocenters.